The summed E-state index contributed by atoms with van der Waals surface area (Å²) in [6, 6.07) is 13.1. The third-order valence-electron chi connectivity index (χ3n) is 4.66. The van der Waals surface area contributed by atoms with Crippen LogP contribution in [-0.2, 0) is 0 Å². The fraction of sp³-hybridized carbons (Fsp3) is 0.238. The predicted molar refractivity (Wildman–Crippen MR) is 108 cm³/mol. The van der Waals surface area contributed by atoms with Gasteiger partial charge in [-0.05, 0) is 55.7 Å². The highest BCUT2D eigenvalue weighted by molar-refractivity contribution is 7.14. The molecule has 138 valence electrons. The van der Waals surface area contributed by atoms with Gasteiger partial charge < -0.3 is 10.2 Å². The lowest BCUT2D eigenvalue weighted by atomic mass is 10.1. The molecule has 0 atom stereocenters. The highest BCUT2D eigenvalue weighted by Gasteiger charge is 2.15. The first kappa shape index (κ1) is 17.7. The van der Waals surface area contributed by atoms with E-state index in [1.165, 1.54) is 43.5 Å². The fourth-order valence-electron chi connectivity index (χ4n) is 3.16. The zero-order valence-electron chi connectivity index (χ0n) is 14.8. The van der Waals surface area contributed by atoms with Crippen LogP contribution in [0.2, 0.25) is 0 Å². The van der Waals surface area contributed by atoms with E-state index in [0.29, 0.717) is 11.3 Å². The van der Waals surface area contributed by atoms with E-state index in [4.69, 9.17) is 4.98 Å². The largest absolute Gasteiger partial charge is 0.348 e. The average Bonchev–Trinajstić information content (AvgIpc) is 3.20. The first-order valence-corrected chi connectivity index (χ1v) is 9.95. The molecule has 0 saturated carbocycles. The minimum absolute atomic E-state index is 0.260. The Balaban J connectivity index is 1.43. The van der Waals surface area contributed by atoms with Gasteiger partial charge in [0.1, 0.15) is 5.82 Å². The van der Waals surface area contributed by atoms with Crippen molar-refractivity contribution in [2.24, 2.45) is 0 Å². The SMILES string of the molecule is O=C(Nc1ccc(-c2csc(N3CCCCC3)n2)cc1)c1ccc(F)cc1. The summed E-state index contributed by atoms with van der Waals surface area (Å²) < 4.78 is 13.0. The van der Waals surface area contributed by atoms with E-state index >= 15 is 0 Å². The van der Waals surface area contributed by atoms with Crippen molar-refractivity contribution in [2.45, 2.75) is 19.3 Å². The van der Waals surface area contributed by atoms with Gasteiger partial charge in [0.15, 0.2) is 5.13 Å². The van der Waals surface area contributed by atoms with Crippen LogP contribution < -0.4 is 10.2 Å². The zero-order valence-corrected chi connectivity index (χ0v) is 15.6. The maximum atomic E-state index is 13.0. The first-order valence-electron chi connectivity index (χ1n) is 9.07. The van der Waals surface area contributed by atoms with E-state index in [1.54, 1.807) is 11.3 Å². The van der Waals surface area contributed by atoms with Crippen LogP contribution in [0.3, 0.4) is 0 Å². The molecule has 1 aromatic heterocycles. The molecule has 3 aromatic rings. The van der Waals surface area contributed by atoms with Gasteiger partial charge in [0.05, 0.1) is 5.69 Å². The number of amides is 1. The van der Waals surface area contributed by atoms with Crippen molar-refractivity contribution in [3.63, 3.8) is 0 Å². The van der Waals surface area contributed by atoms with E-state index in [1.807, 2.05) is 24.3 Å². The molecule has 0 radical (unpaired) electrons. The first-order chi connectivity index (χ1) is 13.2. The van der Waals surface area contributed by atoms with Gasteiger partial charge in [0.25, 0.3) is 5.91 Å². The predicted octanol–water partition coefficient (Wildman–Crippen LogP) is 5.19. The smallest absolute Gasteiger partial charge is 0.255 e. The van der Waals surface area contributed by atoms with Gasteiger partial charge in [-0.3, -0.25) is 4.79 Å². The van der Waals surface area contributed by atoms with E-state index in [0.717, 1.165) is 29.5 Å². The second kappa shape index (κ2) is 7.88. The van der Waals surface area contributed by atoms with Crippen LogP contribution in [-0.4, -0.2) is 24.0 Å². The Morgan fingerprint density at radius 1 is 1.00 bits per heavy atom. The van der Waals surface area contributed by atoms with Crippen molar-refractivity contribution in [1.82, 2.24) is 4.98 Å². The number of hydrogen-bond acceptors (Lipinski definition) is 4. The van der Waals surface area contributed by atoms with Gasteiger partial charge in [0.2, 0.25) is 0 Å². The number of anilines is 2. The lowest BCUT2D eigenvalue weighted by Crippen LogP contribution is -2.29. The number of benzene rings is 2. The summed E-state index contributed by atoms with van der Waals surface area (Å²) in [7, 11) is 0. The molecule has 27 heavy (non-hydrogen) atoms. The molecular weight excluding hydrogens is 361 g/mol. The Morgan fingerprint density at radius 2 is 1.70 bits per heavy atom. The molecule has 6 heteroatoms. The molecule has 0 bridgehead atoms. The number of nitrogens with zero attached hydrogens (tertiary/aromatic N) is 2. The molecule has 2 heterocycles. The Morgan fingerprint density at radius 3 is 2.41 bits per heavy atom. The number of carbonyl (C=O) groups is 1. The fourth-order valence-corrected chi connectivity index (χ4v) is 4.04. The van der Waals surface area contributed by atoms with Crippen LogP contribution in [0.5, 0.6) is 0 Å². The highest BCUT2D eigenvalue weighted by atomic mass is 32.1. The summed E-state index contributed by atoms with van der Waals surface area (Å²) in [4.78, 5) is 19.3. The quantitative estimate of drug-likeness (QED) is 0.676. The summed E-state index contributed by atoms with van der Waals surface area (Å²) in [5, 5.41) is 5.99. The maximum absolute atomic E-state index is 13.0. The lowest BCUT2D eigenvalue weighted by Gasteiger charge is -2.25. The summed E-state index contributed by atoms with van der Waals surface area (Å²) in [5.74, 6) is -0.619. The molecule has 0 aliphatic carbocycles. The van der Waals surface area contributed by atoms with Crippen molar-refractivity contribution in [2.75, 3.05) is 23.3 Å². The monoisotopic (exact) mass is 381 g/mol. The number of carbonyl (C=O) groups excluding carboxylic acids is 1. The summed E-state index contributed by atoms with van der Waals surface area (Å²) >= 11 is 1.68. The normalized spacial score (nSPS) is 14.2. The third-order valence-corrected chi connectivity index (χ3v) is 5.57. The summed E-state index contributed by atoms with van der Waals surface area (Å²) in [6.45, 7) is 2.17. The van der Waals surface area contributed by atoms with Crippen molar-refractivity contribution in [3.8, 4) is 11.3 Å². The molecule has 1 amide bonds. The van der Waals surface area contributed by atoms with Gasteiger partial charge >= 0.3 is 0 Å². The van der Waals surface area contributed by atoms with Gasteiger partial charge in [0, 0.05) is 35.3 Å². The highest BCUT2D eigenvalue weighted by Crippen LogP contribution is 2.29. The molecule has 4 rings (SSSR count). The van der Waals surface area contributed by atoms with E-state index in [-0.39, 0.29) is 11.7 Å². The topological polar surface area (TPSA) is 45.2 Å². The van der Waals surface area contributed by atoms with Crippen LogP contribution in [0.1, 0.15) is 29.6 Å². The van der Waals surface area contributed by atoms with E-state index < -0.39 is 0 Å². The summed E-state index contributed by atoms with van der Waals surface area (Å²) in [5.41, 5.74) is 3.09. The van der Waals surface area contributed by atoms with Gasteiger partial charge in [-0.25, -0.2) is 9.37 Å². The Kier molecular flexibility index (Phi) is 5.16. The third kappa shape index (κ3) is 4.17. The molecule has 1 N–H and O–H groups in total. The number of halogens is 1. The van der Waals surface area contributed by atoms with Gasteiger partial charge in [-0.1, -0.05) is 12.1 Å². The molecular formula is C21H20FN3OS. The van der Waals surface area contributed by atoms with E-state index in [9.17, 15) is 9.18 Å². The lowest BCUT2D eigenvalue weighted by molar-refractivity contribution is 0.102. The Bertz CT molecular complexity index is 915. The van der Waals surface area contributed by atoms with Gasteiger partial charge in [-0.2, -0.15) is 0 Å². The zero-order chi connectivity index (χ0) is 18.6. The number of hydrogen-bond donors (Lipinski definition) is 1. The number of aromatic nitrogens is 1. The van der Waals surface area contributed by atoms with Crippen molar-refractivity contribution >= 4 is 28.1 Å². The standard InChI is InChI=1S/C21H20FN3OS/c22-17-8-4-16(5-9-17)20(26)23-18-10-6-15(7-11-18)19-14-27-21(24-19)25-12-2-1-3-13-25/h4-11,14H,1-3,12-13H2,(H,23,26). The van der Waals surface area contributed by atoms with Crippen LogP contribution >= 0.6 is 11.3 Å². The molecule has 4 nitrogen and oxygen atoms in total. The number of thiazole rings is 1. The maximum Gasteiger partial charge on any atom is 0.255 e. The molecule has 0 unspecified atom stereocenters. The molecule has 1 aliphatic heterocycles. The summed E-state index contributed by atoms with van der Waals surface area (Å²) in [6.07, 6.45) is 3.77. The minimum atomic E-state index is -0.358. The van der Waals surface area contributed by atoms with Crippen molar-refractivity contribution < 1.29 is 9.18 Å². The van der Waals surface area contributed by atoms with Crippen LogP contribution in [0.15, 0.2) is 53.9 Å². The molecule has 0 spiro atoms. The number of rotatable bonds is 4. The second-order valence-electron chi connectivity index (χ2n) is 6.60. The van der Waals surface area contributed by atoms with Crippen LogP contribution in [0.25, 0.3) is 11.3 Å². The molecule has 1 aliphatic rings. The van der Waals surface area contributed by atoms with E-state index in [2.05, 4.69) is 15.6 Å². The Hall–Kier alpha value is -2.73. The number of nitrogens with one attached hydrogen (secondary N) is 1. The van der Waals surface area contributed by atoms with Gasteiger partial charge in [-0.15, -0.1) is 11.3 Å². The molecule has 2 aromatic carbocycles. The second-order valence-corrected chi connectivity index (χ2v) is 7.44. The van der Waals surface area contributed by atoms with Crippen LogP contribution in [0.4, 0.5) is 15.2 Å². The average molecular weight is 381 g/mol. The van der Waals surface area contributed by atoms with Crippen LogP contribution in [0, 0.1) is 5.82 Å². The molecule has 1 saturated heterocycles. The number of piperidine rings is 1. The van der Waals surface area contributed by atoms with Crippen molar-refractivity contribution in [1.29, 1.82) is 0 Å². The van der Waals surface area contributed by atoms with Crippen molar-refractivity contribution in [3.05, 3.63) is 65.3 Å². The molecule has 1 fully saturated rings. The minimum Gasteiger partial charge on any atom is -0.348 e. The Labute approximate surface area is 161 Å².